The largest absolute Gasteiger partial charge is 0.421 e. The summed E-state index contributed by atoms with van der Waals surface area (Å²) < 4.78 is 38.1. The molecule has 0 amide bonds. The van der Waals surface area contributed by atoms with Gasteiger partial charge in [0.25, 0.3) is 0 Å². The minimum atomic E-state index is -4.60. The first-order valence-electron chi connectivity index (χ1n) is 4.19. The molecule has 0 fully saturated rings. The molecule has 0 aromatic carbocycles. The van der Waals surface area contributed by atoms with Gasteiger partial charge in [0, 0.05) is 12.2 Å². The van der Waals surface area contributed by atoms with Crippen molar-refractivity contribution in [2.75, 3.05) is 5.73 Å². The third-order valence-electron chi connectivity index (χ3n) is 1.84. The summed E-state index contributed by atoms with van der Waals surface area (Å²) >= 11 is 0. The number of halogens is 3. The molecule has 2 N–H and O–H groups in total. The van der Waals surface area contributed by atoms with Crippen molar-refractivity contribution in [3.05, 3.63) is 22.2 Å². The van der Waals surface area contributed by atoms with Crippen LogP contribution < -0.4 is 11.4 Å². The van der Waals surface area contributed by atoms with E-state index in [4.69, 9.17) is 5.73 Å². The van der Waals surface area contributed by atoms with Crippen LogP contribution in [-0.4, -0.2) is 9.55 Å². The van der Waals surface area contributed by atoms with Crippen LogP contribution in [0.4, 0.5) is 19.0 Å². The summed E-state index contributed by atoms with van der Waals surface area (Å²) in [7, 11) is 0. The van der Waals surface area contributed by atoms with Crippen molar-refractivity contribution in [1.29, 1.82) is 0 Å². The van der Waals surface area contributed by atoms with Crippen LogP contribution in [0.1, 0.15) is 25.5 Å². The van der Waals surface area contributed by atoms with E-state index >= 15 is 0 Å². The smallest absolute Gasteiger partial charge is 0.383 e. The predicted molar refractivity (Wildman–Crippen MR) is 48.3 cm³/mol. The fourth-order valence-corrected chi connectivity index (χ4v) is 1.07. The molecule has 15 heavy (non-hydrogen) atoms. The first kappa shape index (κ1) is 11.5. The normalized spacial score (nSPS) is 12.1. The number of nitrogen functional groups attached to an aromatic ring is 1. The summed E-state index contributed by atoms with van der Waals surface area (Å²) in [6.45, 7) is 3.17. The maximum absolute atomic E-state index is 12.4. The molecule has 84 valence electrons. The van der Waals surface area contributed by atoms with Crippen LogP contribution in [0.15, 0.2) is 11.0 Å². The van der Waals surface area contributed by atoms with Crippen LogP contribution in [0.3, 0.4) is 0 Å². The number of rotatable bonds is 1. The second-order valence-electron chi connectivity index (χ2n) is 3.32. The van der Waals surface area contributed by atoms with Crippen LogP contribution in [0.2, 0.25) is 0 Å². The highest BCUT2D eigenvalue weighted by Crippen LogP contribution is 2.31. The topological polar surface area (TPSA) is 60.9 Å². The average molecular weight is 221 g/mol. The van der Waals surface area contributed by atoms with Crippen molar-refractivity contribution in [2.45, 2.75) is 26.1 Å². The maximum Gasteiger partial charge on any atom is 0.421 e. The molecule has 0 radical (unpaired) electrons. The molecule has 0 aliphatic heterocycles. The van der Waals surface area contributed by atoms with Gasteiger partial charge in [-0.25, -0.2) is 4.79 Å². The number of nitrogens with two attached hydrogens (primary N) is 1. The minimum absolute atomic E-state index is 0.397. The van der Waals surface area contributed by atoms with E-state index in [1.807, 2.05) is 0 Å². The van der Waals surface area contributed by atoms with Crippen LogP contribution in [0.25, 0.3) is 0 Å². The van der Waals surface area contributed by atoms with Gasteiger partial charge in [-0.2, -0.15) is 18.2 Å². The van der Waals surface area contributed by atoms with E-state index in [9.17, 15) is 18.0 Å². The van der Waals surface area contributed by atoms with Gasteiger partial charge in [-0.05, 0) is 13.8 Å². The fourth-order valence-electron chi connectivity index (χ4n) is 1.07. The van der Waals surface area contributed by atoms with Gasteiger partial charge in [-0.3, -0.25) is 4.57 Å². The fraction of sp³-hybridized carbons (Fsp3) is 0.500. The van der Waals surface area contributed by atoms with Crippen LogP contribution >= 0.6 is 0 Å². The summed E-state index contributed by atoms with van der Waals surface area (Å²) in [6.07, 6.45) is -3.91. The van der Waals surface area contributed by atoms with Crippen molar-refractivity contribution in [3.8, 4) is 0 Å². The zero-order valence-electron chi connectivity index (χ0n) is 8.17. The van der Waals surface area contributed by atoms with Gasteiger partial charge in [0.1, 0.15) is 11.4 Å². The molecule has 0 aliphatic carbocycles. The van der Waals surface area contributed by atoms with Crippen molar-refractivity contribution in [2.24, 2.45) is 0 Å². The Hall–Kier alpha value is -1.53. The molecule has 0 bridgehead atoms. The summed E-state index contributed by atoms with van der Waals surface area (Å²) in [5, 5.41) is 0. The zero-order valence-corrected chi connectivity index (χ0v) is 8.17. The van der Waals surface area contributed by atoms with Gasteiger partial charge in [0.2, 0.25) is 0 Å². The summed E-state index contributed by atoms with van der Waals surface area (Å²) in [5.41, 5.74) is 3.16. The van der Waals surface area contributed by atoms with Crippen LogP contribution in [0.5, 0.6) is 0 Å². The molecule has 1 rings (SSSR count). The molecule has 0 saturated carbocycles. The van der Waals surface area contributed by atoms with Crippen molar-refractivity contribution in [3.63, 3.8) is 0 Å². The highest BCUT2D eigenvalue weighted by Gasteiger charge is 2.34. The van der Waals surface area contributed by atoms with Gasteiger partial charge in [-0.1, -0.05) is 0 Å². The van der Waals surface area contributed by atoms with Gasteiger partial charge in [-0.15, -0.1) is 0 Å². The van der Waals surface area contributed by atoms with E-state index in [0.717, 1.165) is 4.57 Å². The number of hydrogen-bond acceptors (Lipinski definition) is 3. The third-order valence-corrected chi connectivity index (χ3v) is 1.84. The molecular weight excluding hydrogens is 211 g/mol. The molecule has 4 nitrogen and oxygen atoms in total. The van der Waals surface area contributed by atoms with Gasteiger partial charge >= 0.3 is 11.9 Å². The molecule has 1 heterocycles. The molecule has 0 atom stereocenters. The summed E-state index contributed by atoms with van der Waals surface area (Å²) in [5.74, 6) is -0.788. The van der Waals surface area contributed by atoms with Crippen LogP contribution in [0, 0.1) is 0 Å². The lowest BCUT2D eigenvalue weighted by molar-refractivity contribution is -0.137. The lowest BCUT2D eigenvalue weighted by Gasteiger charge is -2.14. The number of hydrogen-bond donors (Lipinski definition) is 1. The summed E-state index contributed by atoms with van der Waals surface area (Å²) in [6, 6.07) is -0.397. The lowest BCUT2D eigenvalue weighted by Crippen LogP contribution is -2.28. The van der Waals surface area contributed by atoms with E-state index in [1.165, 1.54) is 0 Å². The molecule has 0 spiro atoms. The SMILES string of the molecule is CC(C)n1cc(C(F)(F)F)c(N)nc1=O. The van der Waals surface area contributed by atoms with E-state index in [0.29, 0.717) is 6.20 Å². The number of aromatic nitrogens is 2. The maximum atomic E-state index is 12.4. The number of nitrogens with zero attached hydrogens (tertiary/aromatic N) is 2. The highest BCUT2D eigenvalue weighted by atomic mass is 19.4. The quantitative estimate of drug-likeness (QED) is 0.780. The molecule has 0 saturated heterocycles. The van der Waals surface area contributed by atoms with E-state index in [-0.39, 0.29) is 0 Å². The Kier molecular flexibility index (Phi) is 2.74. The highest BCUT2D eigenvalue weighted by molar-refractivity contribution is 5.38. The Morgan fingerprint density at radius 1 is 1.47 bits per heavy atom. The average Bonchev–Trinajstić information content (AvgIpc) is 2.00. The van der Waals surface area contributed by atoms with Gasteiger partial charge in [0.05, 0.1) is 0 Å². The van der Waals surface area contributed by atoms with Crippen molar-refractivity contribution in [1.82, 2.24) is 9.55 Å². The molecular formula is C8H10F3N3O. The Labute approximate surface area is 83.5 Å². The predicted octanol–water partition coefficient (Wildman–Crippen LogP) is 1.43. The first-order valence-corrected chi connectivity index (χ1v) is 4.19. The summed E-state index contributed by atoms with van der Waals surface area (Å²) in [4.78, 5) is 14.3. The van der Waals surface area contributed by atoms with Crippen molar-refractivity contribution >= 4 is 5.82 Å². The Bertz CT molecular complexity index is 422. The van der Waals surface area contributed by atoms with Gasteiger partial charge in [0.15, 0.2) is 0 Å². The molecule has 7 heteroatoms. The van der Waals surface area contributed by atoms with Crippen LogP contribution in [-0.2, 0) is 6.18 Å². The molecule has 1 aromatic heterocycles. The number of anilines is 1. The second-order valence-corrected chi connectivity index (χ2v) is 3.32. The zero-order chi connectivity index (χ0) is 11.8. The first-order chi connectivity index (χ1) is 6.73. The Balaban J connectivity index is 3.44. The monoisotopic (exact) mass is 221 g/mol. The second kappa shape index (κ2) is 3.56. The molecule has 1 aromatic rings. The minimum Gasteiger partial charge on any atom is -0.383 e. The van der Waals surface area contributed by atoms with E-state index < -0.39 is 29.3 Å². The standard InChI is InChI=1S/C8H10F3N3O/c1-4(2)14-3-5(8(9,10)11)6(12)13-7(14)15/h3-4H,1-2H3,(H2,12,13,15). The van der Waals surface area contributed by atoms with E-state index in [1.54, 1.807) is 13.8 Å². The van der Waals surface area contributed by atoms with E-state index in [2.05, 4.69) is 4.98 Å². The van der Waals surface area contributed by atoms with Gasteiger partial charge < -0.3 is 5.73 Å². The molecule has 0 aliphatic rings. The Morgan fingerprint density at radius 3 is 2.40 bits per heavy atom. The third kappa shape index (κ3) is 2.28. The van der Waals surface area contributed by atoms with Crippen molar-refractivity contribution < 1.29 is 13.2 Å². The Morgan fingerprint density at radius 2 is 2.00 bits per heavy atom. The molecule has 0 unspecified atom stereocenters. The number of alkyl halides is 3. The lowest BCUT2D eigenvalue weighted by atomic mass is 10.3.